The van der Waals surface area contributed by atoms with Crippen molar-refractivity contribution in [3.05, 3.63) is 18.1 Å². The second kappa shape index (κ2) is 5.18. The molecular weight excluding hydrogens is 224 g/mol. The molecule has 2 heterocycles. The molecule has 0 saturated carbocycles. The predicted octanol–water partition coefficient (Wildman–Crippen LogP) is 0.702. The Morgan fingerprint density at radius 1 is 1.50 bits per heavy atom. The molecule has 1 atom stereocenters. The van der Waals surface area contributed by atoms with Crippen LogP contribution in [0.3, 0.4) is 0 Å². The van der Waals surface area contributed by atoms with E-state index in [1.807, 2.05) is 0 Å². The molecular formula is C10H14N4OS. The highest BCUT2D eigenvalue weighted by Gasteiger charge is 2.16. The first-order chi connectivity index (χ1) is 7.77. The minimum Gasteiger partial charge on any atom is -0.388 e. The van der Waals surface area contributed by atoms with Gasteiger partial charge in [0.05, 0.1) is 12.6 Å². The van der Waals surface area contributed by atoms with Crippen LogP contribution in [0.5, 0.6) is 0 Å². The molecule has 0 bridgehead atoms. The Hall–Kier alpha value is -1.27. The summed E-state index contributed by atoms with van der Waals surface area (Å²) in [5, 5.41) is 3.26. The Balaban J connectivity index is 2.10. The van der Waals surface area contributed by atoms with Crippen molar-refractivity contribution >= 4 is 23.0 Å². The second-order valence-corrected chi connectivity index (χ2v) is 4.12. The van der Waals surface area contributed by atoms with E-state index >= 15 is 0 Å². The summed E-state index contributed by atoms with van der Waals surface area (Å²) >= 11 is 4.92. The standard InChI is InChI=1S/C10H14N4OS/c11-9(16)8-10(13-4-3-12-8)14-7-2-1-5-15-6-7/h3-4,7H,1-2,5-6H2,(H2,11,16)(H,13,14). The van der Waals surface area contributed by atoms with Crippen LogP contribution in [0.4, 0.5) is 5.82 Å². The third kappa shape index (κ3) is 2.65. The molecule has 1 aromatic rings. The number of rotatable bonds is 3. The van der Waals surface area contributed by atoms with E-state index < -0.39 is 0 Å². The molecule has 1 aliphatic rings. The van der Waals surface area contributed by atoms with Gasteiger partial charge in [0.15, 0.2) is 5.82 Å². The molecule has 2 rings (SSSR count). The molecule has 1 aliphatic heterocycles. The van der Waals surface area contributed by atoms with Gasteiger partial charge < -0.3 is 15.8 Å². The van der Waals surface area contributed by atoms with Crippen molar-refractivity contribution in [1.82, 2.24) is 9.97 Å². The molecule has 1 fully saturated rings. The van der Waals surface area contributed by atoms with Gasteiger partial charge in [-0.2, -0.15) is 0 Å². The minimum absolute atomic E-state index is 0.257. The van der Waals surface area contributed by atoms with E-state index in [0.717, 1.165) is 19.4 Å². The van der Waals surface area contributed by atoms with Crippen molar-refractivity contribution in [2.45, 2.75) is 18.9 Å². The van der Waals surface area contributed by atoms with Gasteiger partial charge in [-0.15, -0.1) is 0 Å². The molecule has 0 radical (unpaired) electrons. The van der Waals surface area contributed by atoms with Crippen molar-refractivity contribution in [3.63, 3.8) is 0 Å². The van der Waals surface area contributed by atoms with E-state index in [-0.39, 0.29) is 11.0 Å². The summed E-state index contributed by atoms with van der Waals surface area (Å²) in [6.45, 7) is 1.52. The number of nitrogens with one attached hydrogen (secondary N) is 1. The quantitative estimate of drug-likeness (QED) is 0.755. The smallest absolute Gasteiger partial charge is 0.155 e. The second-order valence-electron chi connectivity index (χ2n) is 3.68. The lowest BCUT2D eigenvalue weighted by Crippen LogP contribution is -2.31. The van der Waals surface area contributed by atoms with Gasteiger partial charge in [0.1, 0.15) is 10.7 Å². The van der Waals surface area contributed by atoms with Gasteiger partial charge in [0.2, 0.25) is 0 Å². The fraction of sp³-hybridized carbons (Fsp3) is 0.500. The van der Waals surface area contributed by atoms with Crippen molar-refractivity contribution in [3.8, 4) is 0 Å². The maximum Gasteiger partial charge on any atom is 0.155 e. The lowest BCUT2D eigenvalue weighted by Gasteiger charge is -2.24. The van der Waals surface area contributed by atoms with Crippen molar-refractivity contribution in [2.24, 2.45) is 5.73 Å². The average Bonchev–Trinajstić information content (AvgIpc) is 2.31. The Labute approximate surface area is 99.4 Å². The highest BCUT2D eigenvalue weighted by atomic mass is 32.1. The minimum atomic E-state index is 0.257. The van der Waals surface area contributed by atoms with Gasteiger partial charge in [-0.05, 0) is 12.8 Å². The van der Waals surface area contributed by atoms with E-state index in [9.17, 15) is 0 Å². The third-order valence-electron chi connectivity index (χ3n) is 2.43. The Morgan fingerprint density at radius 3 is 3.00 bits per heavy atom. The highest BCUT2D eigenvalue weighted by molar-refractivity contribution is 7.80. The zero-order valence-electron chi connectivity index (χ0n) is 8.85. The molecule has 0 amide bonds. The van der Waals surface area contributed by atoms with E-state index in [1.165, 1.54) is 0 Å². The van der Waals surface area contributed by atoms with Crippen LogP contribution in [-0.2, 0) is 4.74 Å². The summed E-state index contributed by atoms with van der Waals surface area (Å²) < 4.78 is 5.38. The molecule has 0 aromatic carbocycles. The number of thiocarbonyl (C=S) groups is 1. The zero-order chi connectivity index (χ0) is 11.4. The van der Waals surface area contributed by atoms with Gasteiger partial charge in [-0.3, -0.25) is 0 Å². The van der Waals surface area contributed by atoms with Crippen molar-refractivity contribution < 1.29 is 4.74 Å². The molecule has 5 nitrogen and oxygen atoms in total. The maximum atomic E-state index is 5.58. The summed E-state index contributed by atoms with van der Waals surface area (Å²) in [6.07, 6.45) is 5.32. The number of ether oxygens (including phenoxy) is 1. The van der Waals surface area contributed by atoms with Crippen LogP contribution < -0.4 is 11.1 Å². The first-order valence-electron chi connectivity index (χ1n) is 5.22. The Morgan fingerprint density at radius 2 is 2.31 bits per heavy atom. The Bertz CT molecular complexity index is 379. The predicted molar refractivity (Wildman–Crippen MR) is 65.4 cm³/mol. The number of hydrogen-bond acceptors (Lipinski definition) is 5. The van der Waals surface area contributed by atoms with Crippen LogP contribution in [0.2, 0.25) is 0 Å². The molecule has 3 N–H and O–H groups in total. The molecule has 1 saturated heterocycles. The molecule has 1 aromatic heterocycles. The van der Waals surface area contributed by atoms with Crippen LogP contribution >= 0.6 is 12.2 Å². The molecule has 0 aliphatic carbocycles. The number of hydrogen-bond donors (Lipinski definition) is 2. The Kier molecular flexibility index (Phi) is 3.63. The number of nitrogens with two attached hydrogens (primary N) is 1. The van der Waals surface area contributed by atoms with E-state index in [4.69, 9.17) is 22.7 Å². The summed E-state index contributed by atoms with van der Waals surface area (Å²) in [5.41, 5.74) is 6.12. The van der Waals surface area contributed by atoms with Crippen LogP contribution in [0.25, 0.3) is 0 Å². The van der Waals surface area contributed by atoms with Crippen molar-refractivity contribution in [1.29, 1.82) is 0 Å². The fourth-order valence-corrected chi connectivity index (χ4v) is 1.82. The summed E-state index contributed by atoms with van der Waals surface area (Å²) in [5.74, 6) is 0.644. The maximum absolute atomic E-state index is 5.58. The summed E-state index contributed by atoms with van der Waals surface area (Å²) in [6, 6.07) is 0.263. The van der Waals surface area contributed by atoms with E-state index in [0.29, 0.717) is 18.1 Å². The van der Waals surface area contributed by atoms with Gasteiger partial charge in [-0.1, -0.05) is 12.2 Å². The lowest BCUT2D eigenvalue weighted by molar-refractivity contribution is 0.0875. The summed E-state index contributed by atoms with van der Waals surface area (Å²) in [7, 11) is 0. The summed E-state index contributed by atoms with van der Waals surface area (Å²) in [4.78, 5) is 8.57. The van der Waals surface area contributed by atoms with E-state index in [1.54, 1.807) is 12.4 Å². The third-order valence-corrected chi connectivity index (χ3v) is 2.63. The number of nitrogens with zero attached hydrogens (tertiary/aromatic N) is 2. The first kappa shape index (κ1) is 11.2. The monoisotopic (exact) mass is 238 g/mol. The number of aromatic nitrogens is 2. The van der Waals surface area contributed by atoms with Gasteiger partial charge in [0.25, 0.3) is 0 Å². The molecule has 86 valence electrons. The fourth-order valence-electron chi connectivity index (χ4n) is 1.67. The molecule has 1 unspecified atom stereocenters. The lowest BCUT2D eigenvalue weighted by atomic mass is 10.1. The van der Waals surface area contributed by atoms with Crippen molar-refractivity contribution in [2.75, 3.05) is 18.5 Å². The SMILES string of the molecule is NC(=S)c1nccnc1NC1CCCOC1. The van der Waals surface area contributed by atoms with Crippen LogP contribution in [0, 0.1) is 0 Å². The van der Waals surface area contributed by atoms with Crippen LogP contribution in [-0.4, -0.2) is 34.2 Å². The van der Waals surface area contributed by atoms with Gasteiger partial charge in [-0.25, -0.2) is 9.97 Å². The molecule has 16 heavy (non-hydrogen) atoms. The average molecular weight is 238 g/mol. The molecule has 6 heteroatoms. The number of anilines is 1. The normalized spacial score (nSPS) is 20.4. The van der Waals surface area contributed by atoms with Crippen LogP contribution in [0.15, 0.2) is 12.4 Å². The topological polar surface area (TPSA) is 73.1 Å². The zero-order valence-corrected chi connectivity index (χ0v) is 9.67. The highest BCUT2D eigenvalue weighted by Crippen LogP contribution is 2.14. The van der Waals surface area contributed by atoms with Gasteiger partial charge in [0, 0.05) is 19.0 Å². The largest absolute Gasteiger partial charge is 0.388 e. The van der Waals surface area contributed by atoms with E-state index in [2.05, 4.69) is 15.3 Å². The van der Waals surface area contributed by atoms with Crippen LogP contribution in [0.1, 0.15) is 18.5 Å². The molecule has 0 spiro atoms. The van der Waals surface area contributed by atoms with Gasteiger partial charge >= 0.3 is 0 Å². The first-order valence-corrected chi connectivity index (χ1v) is 5.63.